The number of amides is 2. The molecule has 0 aliphatic carbocycles. The molecule has 0 saturated carbocycles. The fourth-order valence-electron chi connectivity index (χ4n) is 3.16. The van der Waals surface area contributed by atoms with E-state index in [1.807, 2.05) is 24.3 Å². The molecule has 1 aliphatic rings. The fraction of sp³-hybridized carbons (Fsp3) is 0.333. The first-order valence-corrected chi connectivity index (χ1v) is 9.15. The predicted molar refractivity (Wildman–Crippen MR) is 105 cm³/mol. The molecule has 0 spiro atoms. The molecule has 154 valence electrons. The molecule has 2 aromatic rings. The van der Waals surface area contributed by atoms with Crippen LogP contribution in [0.25, 0.3) is 0 Å². The number of nitrogens with zero attached hydrogens (tertiary/aromatic N) is 3. The zero-order valence-electron chi connectivity index (χ0n) is 16.6. The van der Waals surface area contributed by atoms with Gasteiger partial charge in [0.05, 0.1) is 25.9 Å². The number of urea groups is 1. The first-order valence-electron chi connectivity index (χ1n) is 9.15. The van der Waals surface area contributed by atoms with E-state index in [0.717, 1.165) is 17.3 Å². The Labute approximate surface area is 168 Å². The first-order chi connectivity index (χ1) is 13.9. The van der Waals surface area contributed by atoms with Crippen LogP contribution in [0.4, 0.5) is 13.6 Å². The van der Waals surface area contributed by atoms with E-state index >= 15 is 0 Å². The van der Waals surface area contributed by atoms with Crippen molar-refractivity contribution in [2.45, 2.75) is 19.1 Å². The Morgan fingerprint density at radius 2 is 2.00 bits per heavy atom. The highest BCUT2D eigenvalue weighted by Crippen LogP contribution is 2.25. The Morgan fingerprint density at radius 3 is 2.69 bits per heavy atom. The molecule has 0 radical (unpaired) electrons. The van der Waals surface area contributed by atoms with Crippen LogP contribution in [0.15, 0.2) is 47.6 Å². The SMILES string of the molecule is COc1ccccc1C1=NO[C@H](CN(Cc2ccc(F)cc2F)C(=O)N(C)C)C1. The monoisotopic (exact) mass is 403 g/mol. The van der Waals surface area contributed by atoms with Crippen LogP contribution in [0, 0.1) is 11.6 Å². The van der Waals surface area contributed by atoms with E-state index in [-0.39, 0.29) is 30.8 Å². The summed E-state index contributed by atoms with van der Waals surface area (Å²) < 4.78 is 32.7. The molecule has 0 N–H and O–H groups in total. The number of rotatable bonds is 6. The molecule has 29 heavy (non-hydrogen) atoms. The maximum absolute atomic E-state index is 14.1. The molecule has 3 rings (SSSR count). The molecular weight excluding hydrogens is 380 g/mol. The van der Waals surface area contributed by atoms with Crippen molar-refractivity contribution in [1.29, 1.82) is 0 Å². The van der Waals surface area contributed by atoms with Gasteiger partial charge in [0.15, 0.2) is 6.10 Å². The first kappa shape index (κ1) is 20.6. The van der Waals surface area contributed by atoms with Gasteiger partial charge in [-0.1, -0.05) is 23.4 Å². The molecule has 2 amide bonds. The predicted octanol–water partition coefficient (Wildman–Crippen LogP) is 3.65. The van der Waals surface area contributed by atoms with Gasteiger partial charge in [0.25, 0.3) is 0 Å². The van der Waals surface area contributed by atoms with Gasteiger partial charge in [-0.25, -0.2) is 13.6 Å². The van der Waals surface area contributed by atoms with Crippen LogP contribution in [-0.2, 0) is 11.4 Å². The highest BCUT2D eigenvalue weighted by molar-refractivity contribution is 6.03. The van der Waals surface area contributed by atoms with E-state index < -0.39 is 11.6 Å². The maximum Gasteiger partial charge on any atom is 0.319 e. The van der Waals surface area contributed by atoms with E-state index in [2.05, 4.69) is 5.16 Å². The van der Waals surface area contributed by atoms with Gasteiger partial charge in [0.1, 0.15) is 17.4 Å². The van der Waals surface area contributed by atoms with E-state index in [0.29, 0.717) is 12.2 Å². The third kappa shape index (κ3) is 4.82. The van der Waals surface area contributed by atoms with Crippen molar-refractivity contribution < 1.29 is 23.1 Å². The summed E-state index contributed by atoms with van der Waals surface area (Å²) in [4.78, 5) is 21.0. The molecule has 0 saturated heterocycles. The minimum absolute atomic E-state index is 0.00697. The zero-order valence-corrected chi connectivity index (χ0v) is 16.6. The number of ether oxygens (including phenoxy) is 1. The van der Waals surface area contributed by atoms with Crippen molar-refractivity contribution >= 4 is 11.7 Å². The summed E-state index contributed by atoms with van der Waals surface area (Å²) in [5.41, 5.74) is 1.77. The number of hydrogen-bond acceptors (Lipinski definition) is 4. The van der Waals surface area contributed by atoms with Crippen LogP contribution in [0.1, 0.15) is 17.5 Å². The lowest BCUT2D eigenvalue weighted by molar-refractivity contribution is 0.0548. The van der Waals surface area contributed by atoms with E-state index in [1.165, 1.54) is 21.9 Å². The normalized spacial score (nSPS) is 15.5. The summed E-state index contributed by atoms with van der Waals surface area (Å²) in [7, 11) is 4.81. The number of hydrogen-bond donors (Lipinski definition) is 0. The largest absolute Gasteiger partial charge is 0.496 e. The third-order valence-electron chi connectivity index (χ3n) is 4.60. The molecule has 6 nitrogen and oxygen atoms in total. The summed E-state index contributed by atoms with van der Waals surface area (Å²) >= 11 is 0. The third-order valence-corrected chi connectivity index (χ3v) is 4.60. The van der Waals surface area contributed by atoms with Crippen molar-refractivity contribution in [1.82, 2.24) is 9.80 Å². The van der Waals surface area contributed by atoms with Crippen molar-refractivity contribution in [3.05, 3.63) is 65.2 Å². The smallest absolute Gasteiger partial charge is 0.319 e. The molecular formula is C21H23F2N3O3. The number of methoxy groups -OCH3 is 1. The Morgan fingerprint density at radius 1 is 1.24 bits per heavy atom. The lowest BCUT2D eigenvalue weighted by atomic mass is 10.0. The molecule has 1 aliphatic heterocycles. The average molecular weight is 403 g/mol. The summed E-state index contributed by atoms with van der Waals surface area (Å²) in [6.07, 6.45) is 0.0889. The highest BCUT2D eigenvalue weighted by Gasteiger charge is 2.29. The summed E-state index contributed by atoms with van der Waals surface area (Å²) in [6.45, 7) is 0.197. The number of carbonyl (C=O) groups is 1. The van der Waals surface area contributed by atoms with Gasteiger partial charge in [-0.2, -0.15) is 0 Å². The second-order valence-corrected chi connectivity index (χ2v) is 6.96. The van der Waals surface area contributed by atoms with Crippen LogP contribution in [0.5, 0.6) is 5.75 Å². The second-order valence-electron chi connectivity index (χ2n) is 6.96. The zero-order chi connectivity index (χ0) is 21.0. The van der Waals surface area contributed by atoms with Crippen LogP contribution in [-0.4, -0.2) is 55.4 Å². The standard InChI is InChI=1S/C21H23F2N3O3/c1-25(2)21(27)26(12-14-8-9-15(22)10-18(14)23)13-16-11-19(24-29-16)17-6-4-5-7-20(17)28-3/h4-10,16H,11-13H2,1-3H3/t16-/m0/s1. The number of para-hydroxylation sites is 1. The Balaban J connectivity index is 1.73. The topological polar surface area (TPSA) is 54.4 Å². The van der Waals surface area contributed by atoms with Crippen molar-refractivity contribution in [3.8, 4) is 5.75 Å². The maximum atomic E-state index is 14.1. The van der Waals surface area contributed by atoms with Crippen molar-refractivity contribution in [2.24, 2.45) is 5.16 Å². The van der Waals surface area contributed by atoms with E-state index in [1.54, 1.807) is 21.2 Å². The van der Waals surface area contributed by atoms with Gasteiger partial charge in [-0.15, -0.1) is 0 Å². The summed E-state index contributed by atoms with van der Waals surface area (Å²) in [5.74, 6) is -0.671. The Bertz CT molecular complexity index is 918. The van der Waals surface area contributed by atoms with E-state index in [9.17, 15) is 13.6 Å². The molecule has 0 unspecified atom stereocenters. The molecule has 1 atom stereocenters. The molecule has 0 bridgehead atoms. The van der Waals surface area contributed by atoms with Gasteiger partial charge in [-0.3, -0.25) is 0 Å². The Hall–Kier alpha value is -3.16. The van der Waals surface area contributed by atoms with Crippen molar-refractivity contribution in [2.75, 3.05) is 27.7 Å². The van der Waals surface area contributed by atoms with Crippen LogP contribution in [0.2, 0.25) is 0 Å². The lowest BCUT2D eigenvalue weighted by Crippen LogP contribution is -2.43. The average Bonchev–Trinajstić information content (AvgIpc) is 3.17. The van der Waals surface area contributed by atoms with Crippen LogP contribution < -0.4 is 4.74 Å². The quantitative estimate of drug-likeness (QED) is 0.740. The Kier molecular flexibility index (Phi) is 6.31. The van der Waals surface area contributed by atoms with Gasteiger partial charge in [-0.05, 0) is 18.2 Å². The minimum atomic E-state index is -0.695. The van der Waals surface area contributed by atoms with Crippen LogP contribution >= 0.6 is 0 Å². The summed E-state index contributed by atoms with van der Waals surface area (Å²) in [5, 5.41) is 4.15. The molecule has 0 fully saturated rings. The number of halogens is 2. The lowest BCUT2D eigenvalue weighted by Gasteiger charge is -2.28. The molecule has 2 aromatic carbocycles. The second kappa shape index (κ2) is 8.89. The highest BCUT2D eigenvalue weighted by atomic mass is 19.1. The number of oxime groups is 1. The number of benzene rings is 2. The fourth-order valence-corrected chi connectivity index (χ4v) is 3.16. The van der Waals surface area contributed by atoms with Gasteiger partial charge < -0.3 is 19.4 Å². The van der Waals surface area contributed by atoms with E-state index in [4.69, 9.17) is 9.57 Å². The summed E-state index contributed by atoms with van der Waals surface area (Å²) in [6, 6.07) is 10.5. The molecule has 1 heterocycles. The van der Waals surface area contributed by atoms with Gasteiger partial charge >= 0.3 is 6.03 Å². The minimum Gasteiger partial charge on any atom is -0.496 e. The molecule has 0 aromatic heterocycles. The van der Waals surface area contributed by atoms with Gasteiger partial charge in [0, 0.05) is 37.7 Å². The van der Waals surface area contributed by atoms with Crippen molar-refractivity contribution in [3.63, 3.8) is 0 Å². The van der Waals surface area contributed by atoms with Gasteiger partial charge in [0.2, 0.25) is 0 Å². The van der Waals surface area contributed by atoms with Crippen LogP contribution in [0.3, 0.4) is 0 Å². The molecule has 8 heteroatoms. The number of carbonyl (C=O) groups excluding carboxylic acids is 1.